The summed E-state index contributed by atoms with van der Waals surface area (Å²) in [6.07, 6.45) is 7.83. The Morgan fingerprint density at radius 1 is 0.595 bits per heavy atom. The maximum absolute atomic E-state index is 6.69. The Kier molecular flexibility index (Phi) is 13.9. The molecule has 42 heavy (non-hydrogen) atoms. The fourth-order valence-corrected chi connectivity index (χ4v) is 7.19. The molecule has 6 aromatic carbocycles. The molecular formula is C39H37NNiP-. The van der Waals surface area contributed by atoms with Crippen molar-refractivity contribution in [2.75, 3.05) is 20.6 Å². The molecule has 0 aliphatic heterocycles. The number of nitrogens with zero attached hydrogens (tertiary/aromatic N) is 1. The van der Waals surface area contributed by atoms with Crippen molar-refractivity contribution < 1.29 is 16.5 Å². The second kappa shape index (κ2) is 17.9. The van der Waals surface area contributed by atoms with Gasteiger partial charge in [-0.3, -0.25) is 5.92 Å². The second-order valence-electron chi connectivity index (χ2n) is 9.96. The first-order valence-corrected chi connectivity index (χ1v) is 15.4. The van der Waals surface area contributed by atoms with Crippen LogP contribution < -0.4 is 15.9 Å². The molecule has 0 bridgehead atoms. The summed E-state index contributed by atoms with van der Waals surface area (Å²) in [7, 11) is 3.36. The molecule has 0 heterocycles. The first-order valence-electron chi connectivity index (χ1n) is 13.9. The third kappa shape index (κ3) is 9.91. The second-order valence-corrected chi connectivity index (χ2v) is 12.4. The predicted octanol–water partition coefficient (Wildman–Crippen LogP) is 7.46. The van der Waals surface area contributed by atoms with Gasteiger partial charge in [0.05, 0.1) is 7.92 Å². The van der Waals surface area contributed by atoms with Gasteiger partial charge in [-0.25, -0.2) is 0 Å². The average Bonchev–Trinajstić information content (AvgIpc) is 3.46. The minimum absolute atomic E-state index is 0. The Hall–Kier alpha value is -3.85. The zero-order valence-corrected chi connectivity index (χ0v) is 26.2. The van der Waals surface area contributed by atoms with Crippen molar-refractivity contribution in [1.29, 1.82) is 0 Å². The molecule has 0 aliphatic carbocycles. The van der Waals surface area contributed by atoms with E-state index in [-0.39, 0.29) is 16.5 Å². The average molecular weight is 609 g/mol. The van der Waals surface area contributed by atoms with Crippen LogP contribution in [-0.4, -0.2) is 25.5 Å². The molecule has 0 unspecified atom stereocenters. The molecule has 0 atom stereocenters. The zero-order valence-electron chi connectivity index (χ0n) is 24.2. The van der Waals surface area contributed by atoms with Crippen molar-refractivity contribution in [2.45, 2.75) is 6.42 Å². The predicted molar refractivity (Wildman–Crippen MR) is 181 cm³/mol. The summed E-state index contributed by atoms with van der Waals surface area (Å²) in [5.74, 6) is 2.28. The molecule has 0 N–H and O–H groups in total. The number of hydrogen-bond acceptors (Lipinski definition) is 1. The summed E-state index contributed by atoms with van der Waals surface area (Å²) < 4.78 is 0. The Labute approximate surface area is 263 Å². The summed E-state index contributed by atoms with van der Waals surface area (Å²) in [6.45, 7) is 1.12. The van der Waals surface area contributed by atoms with Crippen molar-refractivity contribution in [1.82, 2.24) is 4.90 Å². The van der Waals surface area contributed by atoms with Gasteiger partial charge in [-0.05, 0) is 63.5 Å². The van der Waals surface area contributed by atoms with Crippen LogP contribution in [0.3, 0.4) is 0 Å². The van der Waals surface area contributed by atoms with Gasteiger partial charge in [-0.2, -0.15) is 6.07 Å². The van der Waals surface area contributed by atoms with Gasteiger partial charge in [0.15, 0.2) is 0 Å². The topological polar surface area (TPSA) is 3.24 Å². The van der Waals surface area contributed by atoms with Crippen molar-refractivity contribution in [2.24, 2.45) is 0 Å². The van der Waals surface area contributed by atoms with Gasteiger partial charge in [-0.1, -0.05) is 78.9 Å². The van der Waals surface area contributed by atoms with Gasteiger partial charge in [0.2, 0.25) is 0 Å². The summed E-state index contributed by atoms with van der Waals surface area (Å²) in [5, 5.41) is 7.08. The summed E-state index contributed by atoms with van der Waals surface area (Å²) in [4.78, 5) is 2.22. The van der Waals surface area contributed by atoms with E-state index in [1.165, 1.54) is 32.2 Å². The smallest absolute Gasteiger partial charge is 0.102 e. The quantitative estimate of drug-likeness (QED) is 0.0821. The molecule has 6 rings (SSSR count). The molecule has 0 aliphatic rings. The standard InChI is InChI=1S/C18H15P.C13H16N.C8H5.Ni/c1-4-10-16(11-5-1)19(17-12-6-2-7-13-17)18-14-8-3-9-15-18;1-14(2)10-9-12-8-7-11-5-3-4-6-13(11)12;1-2-8-6-4-3-5-7-8;/h1-15H;3-8H,9-10H2,1-2H3;3-7H;/q;2*-1;/p+1. The maximum Gasteiger partial charge on any atom is 0.102 e. The van der Waals surface area contributed by atoms with Gasteiger partial charge in [-0.15, -0.1) is 58.3 Å². The Morgan fingerprint density at radius 2 is 1.02 bits per heavy atom. The van der Waals surface area contributed by atoms with Gasteiger partial charge >= 0.3 is 0 Å². The van der Waals surface area contributed by atoms with Crippen molar-refractivity contribution in [3.8, 4) is 5.92 Å². The number of fused-ring (bicyclic) bond motifs is 1. The van der Waals surface area contributed by atoms with E-state index in [0.29, 0.717) is 0 Å². The normalized spacial score (nSPS) is 10.1. The first kappa shape index (κ1) is 32.7. The summed E-state index contributed by atoms with van der Waals surface area (Å²) in [6, 6.07) is 54.9. The third-order valence-electron chi connectivity index (χ3n) is 6.70. The van der Waals surface area contributed by atoms with Crippen molar-refractivity contribution in [3.63, 3.8) is 0 Å². The molecule has 3 heteroatoms. The van der Waals surface area contributed by atoms with E-state index in [0.717, 1.165) is 18.5 Å². The van der Waals surface area contributed by atoms with Gasteiger partial charge in [0.1, 0.15) is 15.9 Å². The molecule has 1 nitrogen and oxygen atoms in total. The summed E-state index contributed by atoms with van der Waals surface area (Å²) in [5.41, 5.74) is 2.29. The molecule has 6 aromatic rings. The van der Waals surface area contributed by atoms with E-state index < -0.39 is 7.92 Å². The maximum atomic E-state index is 6.69. The van der Waals surface area contributed by atoms with Gasteiger partial charge in [0.25, 0.3) is 0 Å². The van der Waals surface area contributed by atoms with Crippen LogP contribution in [0.2, 0.25) is 0 Å². The molecule has 0 fully saturated rings. The molecule has 214 valence electrons. The first-order chi connectivity index (χ1) is 20.2. The molecule has 0 amide bonds. The largest absolute Gasteiger partial charge is 0.366 e. The van der Waals surface area contributed by atoms with E-state index in [1.807, 2.05) is 30.3 Å². The SMILES string of the molecule is CN(C)CC[c-]1ccc2ccccc21.[C-]#Cc1ccccc1.[Ni].c1ccc([PH+](c2ccccc2)c2ccccc2)cc1. The van der Waals surface area contributed by atoms with Crippen LogP contribution in [0.25, 0.3) is 10.8 Å². The monoisotopic (exact) mass is 608 g/mol. The van der Waals surface area contributed by atoms with Crippen molar-refractivity contribution >= 4 is 34.6 Å². The van der Waals surface area contributed by atoms with Crippen LogP contribution in [0, 0.1) is 12.3 Å². The van der Waals surface area contributed by atoms with E-state index in [2.05, 4.69) is 152 Å². The molecule has 0 aromatic heterocycles. The Balaban J connectivity index is 0.000000185. The molecular weight excluding hydrogens is 572 g/mol. The van der Waals surface area contributed by atoms with Crippen LogP contribution in [0.15, 0.2) is 158 Å². The van der Waals surface area contributed by atoms with E-state index in [4.69, 9.17) is 6.42 Å². The van der Waals surface area contributed by atoms with Crippen molar-refractivity contribution in [3.05, 3.63) is 175 Å². The van der Waals surface area contributed by atoms with Gasteiger partial charge in [0, 0.05) is 16.5 Å². The zero-order chi connectivity index (χ0) is 28.7. The van der Waals surface area contributed by atoms with E-state index >= 15 is 0 Å². The number of rotatable bonds is 6. The summed E-state index contributed by atoms with van der Waals surface area (Å²) >= 11 is 0. The van der Waals surface area contributed by atoms with E-state index in [1.54, 1.807) is 0 Å². The van der Waals surface area contributed by atoms with Crippen LogP contribution in [0.4, 0.5) is 0 Å². The van der Waals surface area contributed by atoms with Crippen LogP contribution in [0.1, 0.15) is 11.1 Å². The van der Waals surface area contributed by atoms with E-state index in [9.17, 15) is 0 Å². The number of hydrogen-bond donors (Lipinski definition) is 0. The number of likely N-dealkylation sites (N-methyl/N-ethyl adjacent to an activating group) is 1. The number of benzene rings is 5. The third-order valence-corrected chi connectivity index (χ3v) is 9.44. The van der Waals surface area contributed by atoms with Crippen LogP contribution in [0.5, 0.6) is 0 Å². The minimum atomic E-state index is -0.877. The fourth-order valence-electron chi connectivity index (χ4n) is 4.61. The molecule has 0 saturated carbocycles. The van der Waals surface area contributed by atoms with Gasteiger partial charge < -0.3 is 11.3 Å². The molecule has 0 spiro atoms. The molecule has 0 radical (unpaired) electrons. The Bertz CT molecular complexity index is 1510. The fraction of sp³-hybridized carbons (Fsp3) is 0.103. The van der Waals surface area contributed by atoms with Crippen LogP contribution >= 0.6 is 7.92 Å². The minimum Gasteiger partial charge on any atom is -0.366 e. The Morgan fingerprint density at radius 3 is 1.45 bits per heavy atom. The molecule has 0 saturated heterocycles. The van der Waals surface area contributed by atoms with Crippen LogP contribution in [-0.2, 0) is 22.9 Å².